The lowest BCUT2D eigenvalue weighted by Crippen LogP contribution is -2.38. The second-order valence-electron chi connectivity index (χ2n) is 4.23. The molecule has 1 aliphatic rings. The SMILES string of the molecule is CC(Cc1cnc[nH]1)N1CCCCC1. The summed E-state index contributed by atoms with van der Waals surface area (Å²) in [5.41, 5.74) is 1.25. The number of aromatic nitrogens is 2. The monoisotopic (exact) mass is 193 g/mol. The molecule has 3 nitrogen and oxygen atoms in total. The van der Waals surface area contributed by atoms with Crippen LogP contribution in [0.2, 0.25) is 0 Å². The first-order valence-electron chi connectivity index (χ1n) is 5.57. The van der Waals surface area contributed by atoms with Crippen LogP contribution in [0.25, 0.3) is 0 Å². The summed E-state index contributed by atoms with van der Waals surface area (Å²) in [7, 11) is 0. The molecule has 14 heavy (non-hydrogen) atoms. The Balaban J connectivity index is 1.85. The lowest BCUT2D eigenvalue weighted by Gasteiger charge is -2.32. The second kappa shape index (κ2) is 4.60. The van der Waals surface area contributed by atoms with Crippen molar-refractivity contribution in [2.45, 2.75) is 38.6 Å². The van der Waals surface area contributed by atoms with Gasteiger partial charge in [0, 0.05) is 24.4 Å². The van der Waals surface area contributed by atoms with Gasteiger partial charge in [-0.25, -0.2) is 4.98 Å². The molecule has 3 heteroatoms. The van der Waals surface area contributed by atoms with E-state index in [-0.39, 0.29) is 0 Å². The Labute approximate surface area is 85.5 Å². The van der Waals surface area contributed by atoms with Crippen molar-refractivity contribution < 1.29 is 0 Å². The zero-order valence-electron chi connectivity index (χ0n) is 8.87. The van der Waals surface area contributed by atoms with Gasteiger partial charge < -0.3 is 9.88 Å². The largest absolute Gasteiger partial charge is 0.348 e. The van der Waals surface area contributed by atoms with Gasteiger partial charge in [0.05, 0.1) is 6.33 Å². The molecule has 1 unspecified atom stereocenters. The van der Waals surface area contributed by atoms with Crippen LogP contribution in [0.3, 0.4) is 0 Å². The van der Waals surface area contributed by atoms with Gasteiger partial charge >= 0.3 is 0 Å². The Morgan fingerprint density at radius 3 is 2.86 bits per heavy atom. The fourth-order valence-electron chi connectivity index (χ4n) is 2.20. The number of likely N-dealkylation sites (tertiary alicyclic amines) is 1. The van der Waals surface area contributed by atoms with E-state index >= 15 is 0 Å². The Kier molecular flexibility index (Phi) is 3.19. The predicted molar refractivity (Wildman–Crippen MR) is 57.2 cm³/mol. The third-order valence-electron chi connectivity index (χ3n) is 3.08. The van der Waals surface area contributed by atoms with E-state index in [9.17, 15) is 0 Å². The van der Waals surface area contributed by atoms with Gasteiger partial charge in [-0.05, 0) is 32.9 Å². The highest BCUT2D eigenvalue weighted by Gasteiger charge is 2.16. The van der Waals surface area contributed by atoms with Gasteiger partial charge in [-0.15, -0.1) is 0 Å². The molecule has 78 valence electrons. The van der Waals surface area contributed by atoms with Crippen molar-refractivity contribution >= 4 is 0 Å². The molecule has 1 aromatic rings. The summed E-state index contributed by atoms with van der Waals surface area (Å²) >= 11 is 0. The third-order valence-corrected chi connectivity index (χ3v) is 3.08. The number of H-pyrrole nitrogens is 1. The van der Waals surface area contributed by atoms with Crippen LogP contribution in [0.15, 0.2) is 12.5 Å². The number of rotatable bonds is 3. The van der Waals surface area contributed by atoms with Crippen LogP contribution >= 0.6 is 0 Å². The van der Waals surface area contributed by atoms with E-state index < -0.39 is 0 Å². The zero-order valence-corrected chi connectivity index (χ0v) is 8.87. The van der Waals surface area contributed by atoms with Crippen molar-refractivity contribution in [2.24, 2.45) is 0 Å². The lowest BCUT2D eigenvalue weighted by molar-refractivity contribution is 0.172. The molecule has 1 N–H and O–H groups in total. The molecule has 0 saturated carbocycles. The Hall–Kier alpha value is -0.830. The van der Waals surface area contributed by atoms with Crippen molar-refractivity contribution in [1.29, 1.82) is 0 Å². The molecule has 1 aromatic heterocycles. The Morgan fingerprint density at radius 2 is 2.21 bits per heavy atom. The molecule has 1 fully saturated rings. The molecular weight excluding hydrogens is 174 g/mol. The average Bonchev–Trinajstić information content (AvgIpc) is 2.72. The highest BCUT2D eigenvalue weighted by atomic mass is 15.2. The van der Waals surface area contributed by atoms with Crippen molar-refractivity contribution in [1.82, 2.24) is 14.9 Å². The summed E-state index contributed by atoms with van der Waals surface area (Å²) in [6, 6.07) is 0.649. The molecular formula is C11H19N3. The van der Waals surface area contributed by atoms with E-state index in [1.165, 1.54) is 38.0 Å². The van der Waals surface area contributed by atoms with Crippen molar-refractivity contribution in [3.8, 4) is 0 Å². The normalized spacial score (nSPS) is 20.9. The van der Waals surface area contributed by atoms with E-state index in [2.05, 4.69) is 21.8 Å². The fourth-order valence-corrected chi connectivity index (χ4v) is 2.20. The highest BCUT2D eigenvalue weighted by Crippen LogP contribution is 2.14. The molecule has 0 bridgehead atoms. The van der Waals surface area contributed by atoms with Crippen LogP contribution in [0.5, 0.6) is 0 Å². The Bertz CT molecular complexity index is 250. The van der Waals surface area contributed by atoms with Crippen LogP contribution in [0.1, 0.15) is 31.9 Å². The minimum absolute atomic E-state index is 0.649. The first-order valence-corrected chi connectivity index (χ1v) is 5.57. The number of imidazole rings is 1. The van der Waals surface area contributed by atoms with E-state index in [4.69, 9.17) is 0 Å². The summed E-state index contributed by atoms with van der Waals surface area (Å²) in [5, 5.41) is 0. The van der Waals surface area contributed by atoms with Gasteiger partial charge in [-0.1, -0.05) is 6.42 Å². The lowest BCUT2D eigenvalue weighted by atomic mass is 10.1. The standard InChI is InChI=1S/C11H19N3/c1-10(7-11-8-12-9-13-11)14-5-3-2-4-6-14/h8-10H,2-7H2,1H3,(H,12,13). The molecule has 2 heterocycles. The minimum Gasteiger partial charge on any atom is -0.348 e. The second-order valence-corrected chi connectivity index (χ2v) is 4.23. The van der Waals surface area contributed by atoms with Gasteiger partial charge in [-0.2, -0.15) is 0 Å². The smallest absolute Gasteiger partial charge is 0.0921 e. The quantitative estimate of drug-likeness (QED) is 0.794. The van der Waals surface area contributed by atoms with Crippen molar-refractivity contribution in [2.75, 3.05) is 13.1 Å². The van der Waals surface area contributed by atoms with Gasteiger partial charge in [0.1, 0.15) is 0 Å². The first-order chi connectivity index (χ1) is 6.86. The molecule has 0 spiro atoms. The van der Waals surface area contributed by atoms with Crippen LogP contribution in [0.4, 0.5) is 0 Å². The van der Waals surface area contributed by atoms with E-state index in [0.29, 0.717) is 6.04 Å². The van der Waals surface area contributed by atoms with Crippen LogP contribution < -0.4 is 0 Å². The van der Waals surface area contributed by atoms with E-state index in [1.54, 1.807) is 6.33 Å². The van der Waals surface area contributed by atoms with Crippen LogP contribution in [-0.4, -0.2) is 34.0 Å². The van der Waals surface area contributed by atoms with Gasteiger partial charge in [-0.3, -0.25) is 0 Å². The summed E-state index contributed by atoms with van der Waals surface area (Å²) in [5.74, 6) is 0. The number of nitrogens with zero attached hydrogens (tertiary/aromatic N) is 2. The topological polar surface area (TPSA) is 31.9 Å². The molecule has 0 aliphatic carbocycles. The summed E-state index contributed by atoms with van der Waals surface area (Å²) in [4.78, 5) is 9.80. The van der Waals surface area contributed by atoms with Crippen molar-refractivity contribution in [3.63, 3.8) is 0 Å². The maximum atomic E-state index is 4.05. The van der Waals surface area contributed by atoms with Gasteiger partial charge in [0.15, 0.2) is 0 Å². The molecule has 0 amide bonds. The average molecular weight is 193 g/mol. The van der Waals surface area contributed by atoms with E-state index in [0.717, 1.165) is 6.42 Å². The predicted octanol–water partition coefficient (Wildman–Crippen LogP) is 1.83. The molecule has 1 atom stereocenters. The maximum absolute atomic E-state index is 4.05. The highest BCUT2D eigenvalue weighted by molar-refractivity contribution is 4.97. The fraction of sp³-hybridized carbons (Fsp3) is 0.727. The molecule has 1 aliphatic heterocycles. The summed E-state index contributed by atoms with van der Waals surface area (Å²) in [6.45, 7) is 4.86. The third kappa shape index (κ3) is 2.35. The number of nitrogens with one attached hydrogen (secondary N) is 1. The Morgan fingerprint density at radius 1 is 1.43 bits per heavy atom. The maximum Gasteiger partial charge on any atom is 0.0921 e. The number of hydrogen-bond donors (Lipinski definition) is 1. The molecule has 1 saturated heterocycles. The molecule has 0 radical (unpaired) electrons. The summed E-state index contributed by atoms with van der Waals surface area (Å²) in [6.07, 6.45) is 8.94. The summed E-state index contributed by atoms with van der Waals surface area (Å²) < 4.78 is 0. The van der Waals surface area contributed by atoms with E-state index in [1.807, 2.05) is 6.20 Å². The van der Waals surface area contributed by atoms with Crippen molar-refractivity contribution in [3.05, 3.63) is 18.2 Å². The minimum atomic E-state index is 0.649. The van der Waals surface area contributed by atoms with Crippen LogP contribution in [-0.2, 0) is 6.42 Å². The molecule has 0 aromatic carbocycles. The van der Waals surface area contributed by atoms with Crippen LogP contribution in [0, 0.1) is 0 Å². The zero-order chi connectivity index (χ0) is 9.80. The molecule has 2 rings (SSSR count). The first kappa shape index (κ1) is 9.71. The van der Waals surface area contributed by atoms with Gasteiger partial charge in [0.25, 0.3) is 0 Å². The van der Waals surface area contributed by atoms with Gasteiger partial charge in [0.2, 0.25) is 0 Å². The number of hydrogen-bond acceptors (Lipinski definition) is 2. The number of aromatic amines is 1. The number of piperidine rings is 1.